The molecule has 1 amide bonds. The molecule has 1 fully saturated rings. The summed E-state index contributed by atoms with van der Waals surface area (Å²) in [6.45, 7) is 3.96. The second kappa shape index (κ2) is 10.5. The number of hydrogen-bond acceptors (Lipinski definition) is 5. The Morgan fingerprint density at radius 2 is 2.00 bits per heavy atom. The number of nitrogens with one attached hydrogen (secondary N) is 1. The van der Waals surface area contributed by atoms with Crippen LogP contribution in [-0.2, 0) is 14.3 Å². The molecule has 7 nitrogen and oxygen atoms in total. The van der Waals surface area contributed by atoms with Gasteiger partial charge in [0.1, 0.15) is 0 Å². The highest BCUT2D eigenvalue weighted by Crippen LogP contribution is 2.42. The van der Waals surface area contributed by atoms with E-state index >= 15 is 0 Å². The number of aliphatic hydroxyl groups excluding tert-OH is 1. The number of amides is 1. The summed E-state index contributed by atoms with van der Waals surface area (Å²) < 4.78 is 13.7. The minimum atomic E-state index is -0.611. The Hall–Kier alpha value is -2.64. The molecule has 0 unspecified atom stereocenters. The maximum absolute atomic E-state index is 13.1. The zero-order valence-corrected chi connectivity index (χ0v) is 19.5. The van der Waals surface area contributed by atoms with Crippen molar-refractivity contribution in [2.45, 2.75) is 70.6 Å². The molecule has 0 spiro atoms. The van der Waals surface area contributed by atoms with E-state index in [1.165, 1.54) is 0 Å². The molecule has 3 atom stereocenters. The highest BCUT2D eigenvalue weighted by molar-refractivity contribution is 5.95. The van der Waals surface area contributed by atoms with Crippen LogP contribution in [0.1, 0.15) is 68.6 Å². The van der Waals surface area contributed by atoms with Gasteiger partial charge in [0.2, 0.25) is 12.2 Å². The van der Waals surface area contributed by atoms with Gasteiger partial charge in [-0.2, -0.15) is 0 Å². The van der Waals surface area contributed by atoms with Crippen molar-refractivity contribution in [3.8, 4) is 0 Å². The molecule has 1 aromatic carbocycles. The van der Waals surface area contributed by atoms with Gasteiger partial charge in [0.25, 0.3) is 5.91 Å². The Morgan fingerprint density at radius 3 is 2.70 bits per heavy atom. The van der Waals surface area contributed by atoms with Crippen LogP contribution in [0, 0.1) is 5.92 Å². The van der Waals surface area contributed by atoms with E-state index < -0.39 is 6.29 Å². The standard InChI is InChI=1S/C26H34N2O5/c1-3-32-26-20(12-8-14-29)21(15-24(33-26)25(31)27-18-9-4-5-10-18)22-16-28(17(2)30)23-13-7-6-11-19(22)23/h6-7,11,13,15-16,18,20-21,26,29H,3-5,8-10,12,14H2,1-2H3,(H,27,31)/t20-,21-,26+/m1/s1. The van der Waals surface area contributed by atoms with Crippen molar-refractivity contribution < 1.29 is 24.2 Å². The van der Waals surface area contributed by atoms with Gasteiger partial charge in [0.05, 0.1) is 5.52 Å². The van der Waals surface area contributed by atoms with Crippen molar-refractivity contribution in [3.63, 3.8) is 0 Å². The molecule has 2 heterocycles. The fraction of sp³-hybridized carbons (Fsp3) is 0.538. The molecule has 1 aromatic heterocycles. The number of hydrogen-bond donors (Lipinski definition) is 2. The molecule has 0 saturated heterocycles. The zero-order chi connectivity index (χ0) is 23.4. The number of ether oxygens (including phenoxy) is 2. The second-order valence-corrected chi connectivity index (χ2v) is 8.97. The predicted octanol–water partition coefficient (Wildman–Crippen LogP) is 4.11. The Labute approximate surface area is 194 Å². The summed E-state index contributed by atoms with van der Waals surface area (Å²) in [5.41, 5.74) is 1.80. The summed E-state index contributed by atoms with van der Waals surface area (Å²) in [5, 5.41) is 13.6. The Morgan fingerprint density at radius 1 is 1.24 bits per heavy atom. The molecule has 178 valence electrons. The van der Waals surface area contributed by atoms with Crippen molar-refractivity contribution >= 4 is 22.7 Å². The van der Waals surface area contributed by atoms with Crippen molar-refractivity contribution in [1.82, 2.24) is 9.88 Å². The Kier molecular flexibility index (Phi) is 7.50. The smallest absolute Gasteiger partial charge is 0.286 e. The number of aromatic nitrogens is 1. The topological polar surface area (TPSA) is 89.8 Å². The average Bonchev–Trinajstić information content (AvgIpc) is 3.46. The monoisotopic (exact) mass is 454 g/mol. The minimum Gasteiger partial charge on any atom is -0.459 e. The number of allylic oxidation sites excluding steroid dienone is 1. The highest BCUT2D eigenvalue weighted by Gasteiger charge is 2.39. The molecule has 1 aliphatic carbocycles. The fourth-order valence-electron chi connectivity index (χ4n) is 5.18. The third-order valence-electron chi connectivity index (χ3n) is 6.77. The first-order valence-electron chi connectivity index (χ1n) is 12.1. The second-order valence-electron chi connectivity index (χ2n) is 8.97. The number of carbonyl (C=O) groups is 2. The molecule has 33 heavy (non-hydrogen) atoms. The van der Waals surface area contributed by atoms with Crippen LogP contribution >= 0.6 is 0 Å². The predicted molar refractivity (Wildman–Crippen MR) is 126 cm³/mol. The third kappa shape index (κ3) is 4.99. The number of aliphatic hydroxyl groups is 1. The number of nitrogens with zero attached hydrogens (tertiary/aromatic N) is 1. The first kappa shape index (κ1) is 23.5. The van der Waals surface area contributed by atoms with Crippen LogP contribution in [0.3, 0.4) is 0 Å². The van der Waals surface area contributed by atoms with Crippen LogP contribution in [0.25, 0.3) is 10.9 Å². The summed E-state index contributed by atoms with van der Waals surface area (Å²) in [6, 6.07) is 7.98. The lowest BCUT2D eigenvalue weighted by Gasteiger charge is -2.37. The lowest BCUT2D eigenvalue weighted by Crippen LogP contribution is -2.41. The van der Waals surface area contributed by atoms with E-state index in [0.717, 1.165) is 42.1 Å². The first-order chi connectivity index (χ1) is 16.0. The average molecular weight is 455 g/mol. The molecule has 1 saturated carbocycles. The van der Waals surface area contributed by atoms with Crippen molar-refractivity contribution in [1.29, 1.82) is 0 Å². The normalized spacial score (nSPS) is 23.4. The largest absolute Gasteiger partial charge is 0.459 e. The Balaban J connectivity index is 1.77. The van der Waals surface area contributed by atoms with Gasteiger partial charge in [-0.25, -0.2) is 0 Å². The van der Waals surface area contributed by atoms with Crippen LogP contribution in [0.2, 0.25) is 0 Å². The maximum atomic E-state index is 13.1. The van der Waals surface area contributed by atoms with E-state index in [2.05, 4.69) is 5.32 Å². The first-order valence-corrected chi connectivity index (χ1v) is 12.1. The molecule has 2 aliphatic rings. The van der Waals surface area contributed by atoms with E-state index in [1.54, 1.807) is 11.5 Å². The van der Waals surface area contributed by atoms with E-state index in [1.807, 2.05) is 43.5 Å². The van der Waals surface area contributed by atoms with Crippen LogP contribution < -0.4 is 5.32 Å². The molecule has 1 aliphatic heterocycles. The highest BCUT2D eigenvalue weighted by atomic mass is 16.7. The van der Waals surface area contributed by atoms with E-state index in [-0.39, 0.29) is 42.1 Å². The summed E-state index contributed by atoms with van der Waals surface area (Å²) in [4.78, 5) is 25.5. The molecule has 7 heteroatoms. The SMILES string of the molecule is CCO[C@H]1OC(C(=O)NC2CCCC2)=C[C@@H](c2cn(C(C)=O)c3ccccc23)[C@H]1CCCO. The van der Waals surface area contributed by atoms with Gasteiger partial charge >= 0.3 is 0 Å². The van der Waals surface area contributed by atoms with Crippen molar-refractivity contribution in [2.75, 3.05) is 13.2 Å². The number of rotatable bonds is 8. The van der Waals surface area contributed by atoms with Gasteiger partial charge in [-0.05, 0) is 50.3 Å². The summed E-state index contributed by atoms with van der Waals surface area (Å²) in [6.07, 6.45) is 8.64. The van der Waals surface area contributed by atoms with Crippen molar-refractivity contribution in [3.05, 3.63) is 47.9 Å². The molecule has 0 bridgehead atoms. The molecule has 0 radical (unpaired) electrons. The van der Waals surface area contributed by atoms with E-state index in [4.69, 9.17) is 9.47 Å². The molecule has 2 aromatic rings. The summed E-state index contributed by atoms with van der Waals surface area (Å²) >= 11 is 0. The van der Waals surface area contributed by atoms with Gasteiger partial charge < -0.3 is 19.9 Å². The van der Waals surface area contributed by atoms with Gasteiger partial charge in [0.15, 0.2) is 5.76 Å². The molecular formula is C26H34N2O5. The van der Waals surface area contributed by atoms with Crippen LogP contribution in [0.4, 0.5) is 0 Å². The number of para-hydroxylation sites is 1. The van der Waals surface area contributed by atoms with Gasteiger partial charge in [-0.1, -0.05) is 31.0 Å². The fourth-order valence-corrected chi connectivity index (χ4v) is 5.18. The minimum absolute atomic E-state index is 0.0655. The molecular weight excluding hydrogens is 420 g/mol. The van der Waals surface area contributed by atoms with E-state index in [0.29, 0.717) is 19.4 Å². The third-order valence-corrected chi connectivity index (χ3v) is 6.77. The maximum Gasteiger partial charge on any atom is 0.286 e. The lowest BCUT2D eigenvalue weighted by atomic mass is 9.80. The number of carbonyl (C=O) groups excluding carboxylic acids is 2. The summed E-state index contributed by atoms with van der Waals surface area (Å²) in [5.74, 6) is -0.318. The quantitative estimate of drug-likeness (QED) is 0.627. The van der Waals surface area contributed by atoms with Gasteiger partial charge in [-0.15, -0.1) is 0 Å². The van der Waals surface area contributed by atoms with Gasteiger partial charge in [-0.3, -0.25) is 14.2 Å². The van der Waals surface area contributed by atoms with E-state index in [9.17, 15) is 14.7 Å². The van der Waals surface area contributed by atoms with Crippen LogP contribution in [0.5, 0.6) is 0 Å². The Bertz CT molecular complexity index is 1020. The number of benzene rings is 1. The van der Waals surface area contributed by atoms with Crippen molar-refractivity contribution in [2.24, 2.45) is 5.92 Å². The van der Waals surface area contributed by atoms with Crippen LogP contribution in [0.15, 0.2) is 42.3 Å². The number of fused-ring (bicyclic) bond motifs is 1. The lowest BCUT2D eigenvalue weighted by molar-refractivity contribution is -0.166. The van der Waals surface area contributed by atoms with Crippen LogP contribution in [-0.4, -0.2) is 47.0 Å². The van der Waals surface area contributed by atoms with Gasteiger partial charge in [0, 0.05) is 49.6 Å². The molecule has 4 rings (SSSR count). The molecule has 2 N–H and O–H groups in total. The summed E-state index contributed by atoms with van der Waals surface area (Å²) in [7, 11) is 0. The zero-order valence-electron chi connectivity index (χ0n) is 19.5.